The molecule has 0 aliphatic rings. The van der Waals surface area contributed by atoms with Gasteiger partial charge in [-0.1, -0.05) is 6.08 Å². The van der Waals surface area contributed by atoms with Crippen molar-refractivity contribution < 1.29 is 9.59 Å². The van der Waals surface area contributed by atoms with E-state index in [2.05, 4.69) is 17.2 Å². The number of anilines is 1. The first kappa shape index (κ1) is 17.2. The Bertz CT molecular complexity index is 807. The summed E-state index contributed by atoms with van der Waals surface area (Å²) in [6.45, 7) is 5.67. The van der Waals surface area contributed by atoms with Gasteiger partial charge in [0, 0.05) is 30.1 Å². The molecule has 2 rings (SSSR count). The number of aryl methyl sites for hydroxylation is 1. The molecule has 2 aromatic rings. The van der Waals surface area contributed by atoms with Crippen LogP contribution < -0.4 is 16.2 Å². The van der Waals surface area contributed by atoms with Gasteiger partial charge in [-0.2, -0.15) is 0 Å². The van der Waals surface area contributed by atoms with Crippen LogP contribution in [0.25, 0.3) is 0 Å². The summed E-state index contributed by atoms with van der Waals surface area (Å²) in [5, 5.41) is 5.36. The minimum atomic E-state index is -0.315. The minimum Gasteiger partial charge on any atom is -0.349 e. The molecule has 0 saturated carbocycles. The third-order valence-corrected chi connectivity index (χ3v) is 3.30. The summed E-state index contributed by atoms with van der Waals surface area (Å²) in [5.74, 6) is -0.524. The maximum atomic E-state index is 12.0. The lowest BCUT2D eigenvalue weighted by Gasteiger charge is -2.08. The SMILES string of the molecule is C=CCNC(=O)c1ccc(NC(=O)Cn2ccc(C)cc2=O)cc1. The van der Waals surface area contributed by atoms with Gasteiger partial charge in [-0.25, -0.2) is 0 Å². The van der Waals surface area contributed by atoms with Gasteiger partial charge in [0.1, 0.15) is 6.54 Å². The maximum Gasteiger partial charge on any atom is 0.251 e. The second-order valence-electron chi connectivity index (χ2n) is 5.29. The van der Waals surface area contributed by atoms with Crippen LogP contribution in [0.15, 0.2) is 60.0 Å². The van der Waals surface area contributed by atoms with Crippen LogP contribution in [0.1, 0.15) is 15.9 Å². The zero-order valence-electron chi connectivity index (χ0n) is 13.4. The average molecular weight is 325 g/mol. The zero-order chi connectivity index (χ0) is 17.5. The predicted octanol–water partition coefficient (Wildman–Crippen LogP) is 1.71. The molecule has 0 radical (unpaired) electrons. The van der Waals surface area contributed by atoms with Crippen molar-refractivity contribution in [2.24, 2.45) is 0 Å². The zero-order valence-corrected chi connectivity index (χ0v) is 13.4. The fourth-order valence-electron chi connectivity index (χ4n) is 2.06. The van der Waals surface area contributed by atoms with Crippen molar-refractivity contribution in [3.05, 3.63) is 76.7 Å². The Labute approximate surface area is 139 Å². The number of hydrogen-bond acceptors (Lipinski definition) is 3. The third kappa shape index (κ3) is 4.67. The summed E-state index contributed by atoms with van der Waals surface area (Å²) in [4.78, 5) is 35.5. The molecule has 24 heavy (non-hydrogen) atoms. The van der Waals surface area contributed by atoms with Gasteiger partial charge >= 0.3 is 0 Å². The molecule has 2 N–H and O–H groups in total. The first-order valence-corrected chi connectivity index (χ1v) is 7.45. The number of aromatic nitrogens is 1. The Kier molecular flexibility index (Phi) is 5.68. The van der Waals surface area contributed by atoms with Crippen LogP contribution in [-0.4, -0.2) is 22.9 Å². The highest BCUT2D eigenvalue weighted by Gasteiger charge is 2.07. The Morgan fingerprint density at radius 3 is 2.54 bits per heavy atom. The van der Waals surface area contributed by atoms with Gasteiger partial charge in [0.25, 0.3) is 11.5 Å². The summed E-state index contributed by atoms with van der Waals surface area (Å²) >= 11 is 0. The fourth-order valence-corrected chi connectivity index (χ4v) is 2.06. The second-order valence-corrected chi connectivity index (χ2v) is 5.29. The normalized spacial score (nSPS) is 10.0. The molecular formula is C18H19N3O3. The number of amides is 2. The van der Waals surface area contributed by atoms with Crippen molar-refractivity contribution in [1.82, 2.24) is 9.88 Å². The van der Waals surface area contributed by atoms with Gasteiger partial charge in [-0.15, -0.1) is 6.58 Å². The number of benzene rings is 1. The van der Waals surface area contributed by atoms with Crippen LogP contribution in [-0.2, 0) is 11.3 Å². The molecule has 0 bridgehead atoms. The molecule has 0 aliphatic carbocycles. The first-order chi connectivity index (χ1) is 11.5. The van der Waals surface area contributed by atoms with Crippen molar-refractivity contribution in [2.45, 2.75) is 13.5 Å². The van der Waals surface area contributed by atoms with E-state index < -0.39 is 0 Å². The van der Waals surface area contributed by atoms with Crippen LogP contribution in [0.4, 0.5) is 5.69 Å². The van der Waals surface area contributed by atoms with E-state index in [0.717, 1.165) is 5.56 Å². The Balaban J connectivity index is 1.98. The molecule has 124 valence electrons. The molecule has 2 amide bonds. The predicted molar refractivity (Wildman–Crippen MR) is 93.0 cm³/mol. The smallest absolute Gasteiger partial charge is 0.251 e. The van der Waals surface area contributed by atoms with E-state index in [9.17, 15) is 14.4 Å². The standard InChI is InChI=1S/C18H19N3O3/c1-3-9-19-18(24)14-4-6-15(7-5-14)20-16(22)12-21-10-8-13(2)11-17(21)23/h3-8,10-11H,1,9,12H2,2H3,(H,19,24)(H,20,22). The van der Waals surface area contributed by atoms with Crippen molar-refractivity contribution in [2.75, 3.05) is 11.9 Å². The van der Waals surface area contributed by atoms with E-state index in [1.165, 1.54) is 10.6 Å². The summed E-state index contributed by atoms with van der Waals surface area (Å²) in [5.41, 5.74) is 1.67. The summed E-state index contributed by atoms with van der Waals surface area (Å²) in [7, 11) is 0. The van der Waals surface area contributed by atoms with Gasteiger partial charge < -0.3 is 15.2 Å². The fraction of sp³-hybridized carbons (Fsp3) is 0.167. The van der Waals surface area contributed by atoms with Crippen LogP contribution >= 0.6 is 0 Å². The highest BCUT2D eigenvalue weighted by Crippen LogP contribution is 2.09. The maximum absolute atomic E-state index is 12.0. The van der Waals surface area contributed by atoms with Crippen molar-refractivity contribution >= 4 is 17.5 Å². The number of carbonyl (C=O) groups is 2. The number of carbonyl (C=O) groups excluding carboxylic acids is 2. The number of hydrogen-bond donors (Lipinski definition) is 2. The van der Waals surface area contributed by atoms with Crippen molar-refractivity contribution in [3.8, 4) is 0 Å². The third-order valence-electron chi connectivity index (χ3n) is 3.30. The lowest BCUT2D eigenvalue weighted by Crippen LogP contribution is -2.27. The largest absolute Gasteiger partial charge is 0.349 e. The molecule has 1 aromatic heterocycles. The first-order valence-electron chi connectivity index (χ1n) is 7.45. The van der Waals surface area contributed by atoms with Gasteiger partial charge in [-0.05, 0) is 42.8 Å². The quantitative estimate of drug-likeness (QED) is 0.794. The molecule has 0 spiro atoms. The second kappa shape index (κ2) is 7.92. The monoisotopic (exact) mass is 325 g/mol. The molecule has 6 heteroatoms. The Hall–Kier alpha value is -3.15. The van der Waals surface area contributed by atoms with Gasteiger partial charge in [0.2, 0.25) is 5.91 Å². The van der Waals surface area contributed by atoms with Gasteiger partial charge in [-0.3, -0.25) is 14.4 Å². The molecule has 0 fully saturated rings. The van der Waals surface area contributed by atoms with E-state index in [1.807, 2.05) is 6.92 Å². The molecule has 0 aliphatic heterocycles. The number of pyridine rings is 1. The van der Waals surface area contributed by atoms with Crippen LogP contribution in [0.5, 0.6) is 0 Å². The minimum absolute atomic E-state index is 0.0688. The number of nitrogens with zero attached hydrogens (tertiary/aromatic N) is 1. The van der Waals surface area contributed by atoms with Crippen LogP contribution in [0.3, 0.4) is 0 Å². The summed E-state index contributed by atoms with van der Waals surface area (Å²) < 4.78 is 1.33. The molecule has 0 unspecified atom stereocenters. The van der Waals surface area contributed by atoms with E-state index in [-0.39, 0.29) is 23.9 Å². The molecule has 0 saturated heterocycles. The summed E-state index contributed by atoms with van der Waals surface area (Å²) in [6, 6.07) is 9.75. The highest BCUT2D eigenvalue weighted by molar-refractivity contribution is 5.95. The summed E-state index contributed by atoms with van der Waals surface area (Å²) in [6.07, 6.45) is 3.18. The van der Waals surface area contributed by atoms with Gasteiger partial charge in [0.15, 0.2) is 0 Å². The Morgan fingerprint density at radius 2 is 1.92 bits per heavy atom. The highest BCUT2D eigenvalue weighted by atomic mass is 16.2. The van der Waals surface area contributed by atoms with E-state index in [4.69, 9.17) is 0 Å². The number of nitrogens with one attached hydrogen (secondary N) is 2. The average Bonchev–Trinajstić information content (AvgIpc) is 2.56. The van der Waals surface area contributed by atoms with Crippen LogP contribution in [0.2, 0.25) is 0 Å². The lowest BCUT2D eigenvalue weighted by atomic mass is 10.2. The van der Waals surface area contributed by atoms with Gasteiger partial charge in [0.05, 0.1) is 0 Å². The molecule has 6 nitrogen and oxygen atoms in total. The van der Waals surface area contributed by atoms with E-state index >= 15 is 0 Å². The molecule has 1 heterocycles. The number of rotatable bonds is 6. The van der Waals surface area contributed by atoms with E-state index in [0.29, 0.717) is 17.8 Å². The Morgan fingerprint density at radius 1 is 1.21 bits per heavy atom. The topological polar surface area (TPSA) is 80.2 Å². The molecular weight excluding hydrogens is 306 g/mol. The van der Waals surface area contributed by atoms with E-state index in [1.54, 1.807) is 42.6 Å². The van der Waals surface area contributed by atoms with Crippen molar-refractivity contribution in [3.63, 3.8) is 0 Å². The van der Waals surface area contributed by atoms with Crippen LogP contribution in [0, 0.1) is 6.92 Å². The van der Waals surface area contributed by atoms with Crippen molar-refractivity contribution in [1.29, 1.82) is 0 Å². The molecule has 1 aromatic carbocycles. The lowest BCUT2D eigenvalue weighted by molar-refractivity contribution is -0.116. The molecule has 0 atom stereocenters.